The second kappa shape index (κ2) is 9.70. The van der Waals surface area contributed by atoms with Crippen molar-refractivity contribution in [1.29, 1.82) is 0 Å². The average Bonchev–Trinajstić information content (AvgIpc) is 3.54. The largest absolute Gasteiger partial charge is 0.472 e. The number of carbonyl (C=O) groups excluding carboxylic acids is 4. The molecular formula is C32H42O11. The third kappa shape index (κ3) is 3.74. The maximum atomic E-state index is 14.6. The Morgan fingerprint density at radius 3 is 2.33 bits per heavy atom. The zero-order valence-corrected chi connectivity index (χ0v) is 25.4. The van der Waals surface area contributed by atoms with Gasteiger partial charge < -0.3 is 33.9 Å². The Kier molecular flexibility index (Phi) is 6.86. The van der Waals surface area contributed by atoms with Gasteiger partial charge in [-0.2, -0.15) is 0 Å². The number of fused-ring (bicyclic) bond motifs is 3. The summed E-state index contributed by atoms with van der Waals surface area (Å²) in [5.74, 6) is -5.03. The van der Waals surface area contributed by atoms with Crippen LogP contribution in [0.1, 0.15) is 72.3 Å². The minimum Gasteiger partial charge on any atom is -0.472 e. The summed E-state index contributed by atoms with van der Waals surface area (Å²) in [5, 5.41) is 35.8. The van der Waals surface area contributed by atoms with Crippen molar-refractivity contribution in [2.45, 2.75) is 97.4 Å². The number of aliphatic hydroxyl groups is 3. The van der Waals surface area contributed by atoms with Crippen molar-refractivity contribution in [1.82, 2.24) is 0 Å². The molecule has 0 unspecified atom stereocenters. The molecule has 43 heavy (non-hydrogen) atoms. The second-order valence-corrected chi connectivity index (χ2v) is 14.6. The Labute approximate surface area is 250 Å². The molecule has 1 aromatic heterocycles. The second-order valence-electron chi connectivity index (χ2n) is 14.6. The number of hydrogen-bond donors (Lipinski definition) is 3. The normalized spacial score (nSPS) is 48.7. The van der Waals surface area contributed by atoms with Crippen molar-refractivity contribution in [2.24, 2.45) is 45.3 Å². The van der Waals surface area contributed by atoms with E-state index in [1.54, 1.807) is 40.0 Å². The summed E-state index contributed by atoms with van der Waals surface area (Å²) in [6.07, 6.45) is -3.81. The van der Waals surface area contributed by atoms with Crippen LogP contribution in [-0.2, 0) is 33.4 Å². The molecule has 4 saturated carbocycles. The van der Waals surface area contributed by atoms with Gasteiger partial charge in [-0.3, -0.25) is 19.2 Å². The fourth-order valence-corrected chi connectivity index (χ4v) is 10.5. The van der Waals surface area contributed by atoms with Gasteiger partial charge in [0.05, 0.1) is 42.7 Å². The third-order valence-electron chi connectivity index (χ3n) is 12.1. The van der Waals surface area contributed by atoms with Gasteiger partial charge in [-0.1, -0.05) is 27.7 Å². The third-order valence-corrected chi connectivity index (χ3v) is 12.1. The standard InChI is InChI=1S/C32H42O11/c1-14(2)27(39)43-28-30(5)20-10-21(36)31(6)23-18(34)9-17(16-7-8-40-12-16)29(23,4)11-19(35)24(31)32(20,13-41-28)25(38)22(37)26(30)42-15(3)33/h7-8,12,14,17,20-26,28,36-38H,9-11,13H2,1-6H3/t17-,20-,21+,22+,23+,24-,25+,26-,28+,29-,30+,31-,32-/m0/s1. The van der Waals surface area contributed by atoms with Crippen LogP contribution in [0.2, 0.25) is 0 Å². The maximum Gasteiger partial charge on any atom is 0.310 e. The Morgan fingerprint density at radius 1 is 1.02 bits per heavy atom. The van der Waals surface area contributed by atoms with E-state index >= 15 is 0 Å². The summed E-state index contributed by atoms with van der Waals surface area (Å²) >= 11 is 0. The van der Waals surface area contributed by atoms with E-state index in [-0.39, 0.29) is 43.4 Å². The number of aliphatic hydroxyl groups excluding tert-OH is 3. The fraction of sp³-hybridized carbons (Fsp3) is 0.750. The van der Waals surface area contributed by atoms with Gasteiger partial charge in [-0.05, 0) is 36.3 Å². The van der Waals surface area contributed by atoms with E-state index in [1.807, 2.05) is 6.92 Å². The fourth-order valence-electron chi connectivity index (χ4n) is 10.5. The molecule has 0 aromatic carbocycles. The molecule has 0 radical (unpaired) electrons. The molecule has 3 N–H and O–H groups in total. The molecule has 236 valence electrons. The molecule has 6 rings (SSSR count). The summed E-state index contributed by atoms with van der Waals surface area (Å²) in [7, 11) is 0. The van der Waals surface area contributed by atoms with Gasteiger partial charge in [-0.25, -0.2) is 0 Å². The van der Waals surface area contributed by atoms with Gasteiger partial charge in [-0.15, -0.1) is 0 Å². The first-order valence-corrected chi connectivity index (χ1v) is 15.2. The molecule has 1 aromatic rings. The number of furan rings is 1. The molecule has 2 heterocycles. The van der Waals surface area contributed by atoms with Gasteiger partial charge in [0.1, 0.15) is 23.8 Å². The summed E-state index contributed by atoms with van der Waals surface area (Å²) in [5.41, 5.74) is -4.23. The van der Waals surface area contributed by atoms with Crippen LogP contribution in [0.25, 0.3) is 0 Å². The van der Waals surface area contributed by atoms with Crippen molar-refractivity contribution in [2.75, 3.05) is 6.61 Å². The first kappa shape index (κ1) is 30.4. The number of ketones is 2. The van der Waals surface area contributed by atoms with Crippen LogP contribution in [0.15, 0.2) is 23.0 Å². The van der Waals surface area contributed by atoms with Crippen molar-refractivity contribution in [3.05, 3.63) is 24.2 Å². The lowest BCUT2D eigenvalue weighted by atomic mass is 9.33. The van der Waals surface area contributed by atoms with Crippen molar-refractivity contribution in [3.8, 4) is 0 Å². The molecule has 0 amide bonds. The molecule has 11 nitrogen and oxygen atoms in total. The highest BCUT2D eigenvalue weighted by Gasteiger charge is 2.81. The molecule has 1 saturated heterocycles. The average molecular weight is 603 g/mol. The maximum absolute atomic E-state index is 14.6. The van der Waals surface area contributed by atoms with E-state index in [0.29, 0.717) is 0 Å². The van der Waals surface area contributed by atoms with Crippen LogP contribution < -0.4 is 0 Å². The number of rotatable bonds is 4. The van der Waals surface area contributed by atoms with Crippen LogP contribution in [0.5, 0.6) is 0 Å². The Balaban J connectivity index is 1.51. The summed E-state index contributed by atoms with van der Waals surface area (Å²) < 4.78 is 23.0. The first-order chi connectivity index (χ1) is 20.1. The molecule has 2 bridgehead atoms. The zero-order valence-electron chi connectivity index (χ0n) is 25.4. The number of esters is 2. The van der Waals surface area contributed by atoms with Crippen molar-refractivity contribution in [3.63, 3.8) is 0 Å². The van der Waals surface area contributed by atoms with Crippen molar-refractivity contribution >= 4 is 23.5 Å². The van der Waals surface area contributed by atoms with Gasteiger partial charge >= 0.3 is 11.9 Å². The van der Waals surface area contributed by atoms with Crippen LogP contribution >= 0.6 is 0 Å². The van der Waals surface area contributed by atoms with E-state index in [0.717, 1.165) is 5.56 Å². The summed E-state index contributed by atoms with van der Waals surface area (Å²) in [4.78, 5) is 53.6. The predicted molar refractivity (Wildman–Crippen MR) is 147 cm³/mol. The van der Waals surface area contributed by atoms with Crippen LogP contribution in [0.3, 0.4) is 0 Å². The quantitative estimate of drug-likeness (QED) is 0.432. The highest BCUT2D eigenvalue weighted by atomic mass is 16.7. The van der Waals surface area contributed by atoms with Gasteiger partial charge in [0.25, 0.3) is 0 Å². The van der Waals surface area contributed by atoms with Gasteiger partial charge in [0.2, 0.25) is 6.29 Å². The monoisotopic (exact) mass is 602 g/mol. The van der Waals surface area contributed by atoms with E-state index < -0.39 is 88.0 Å². The lowest BCUT2D eigenvalue weighted by molar-refractivity contribution is -0.387. The van der Waals surface area contributed by atoms with E-state index in [1.165, 1.54) is 13.2 Å². The lowest BCUT2D eigenvalue weighted by Gasteiger charge is -2.73. The smallest absolute Gasteiger partial charge is 0.310 e. The highest BCUT2D eigenvalue weighted by Crippen LogP contribution is 2.75. The van der Waals surface area contributed by atoms with E-state index in [4.69, 9.17) is 18.6 Å². The number of carbonyl (C=O) groups is 4. The summed E-state index contributed by atoms with van der Waals surface area (Å²) in [6, 6.07) is 1.80. The Morgan fingerprint density at radius 2 is 1.72 bits per heavy atom. The number of Topliss-reactive ketones (excluding diaryl/α,β-unsaturated/α-hetero) is 2. The van der Waals surface area contributed by atoms with Gasteiger partial charge in [0, 0.05) is 48.3 Å². The van der Waals surface area contributed by atoms with E-state index in [2.05, 4.69) is 0 Å². The summed E-state index contributed by atoms with van der Waals surface area (Å²) in [6.45, 7) is 9.53. The van der Waals surface area contributed by atoms with Gasteiger partial charge in [0.15, 0.2) is 0 Å². The Bertz CT molecular complexity index is 1340. The number of hydrogen-bond acceptors (Lipinski definition) is 11. The molecule has 4 aliphatic carbocycles. The number of ether oxygens (including phenoxy) is 3. The molecule has 1 aliphatic heterocycles. The topological polar surface area (TPSA) is 170 Å². The zero-order chi connectivity index (χ0) is 31.4. The molecule has 5 aliphatic rings. The van der Waals surface area contributed by atoms with E-state index in [9.17, 15) is 34.5 Å². The highest BCUT2D eigenvalue weighted by molar-refractivity contribution is 5.94. The minimum atomic E-state index is -1.66. The first-order valence-electron chi connectivity index (χ1n) is 15.2. The molecule has 0 spiro atoms. The van der Waals surface area contributed by atoms with Crippen LogP contribution in [0.4, 0.5) is 0 Å². The molecular weight excluding hydrogens is 560 g/mol. The van der Waals surface area contributed by atoms with Crippen LogP contribution in [0, 0.1) is 45.3 Å². The van der Waals surface area contributed by atoms with Crippen molar-refractivity contribution < 1.29 is 53.1 Å². The lowest BCUT2D eigenvalue weighted by Crippen LogP contribution is -2.82. The SMILES string of the molecule is CC(=O)O[C@H]1[C@H](O)[C@@H](O)[C@@]23CO[C@H](OC(=O)C(C)C)[C@]1(C)[C@@H]2C[C@@H](O)[C@@]1(C)[C@@H]2C(=O)C[C@@H](c4ccoc4)[C@]2(C)CC(=O)[C@@H]13. The Hall–Kier alpha value is -2.60. The van der Waals surface area contributed by atoms with Crippen LogP contribution in [-0.4, -0.2) is 76.1 Å². The minimum absolute atomic E-state index is 0.00630. The molecule has 13 atom stereocenters. The predicted octanol–water partition coefficient (Wildman–Crippen LogP) is 2.15. The molecule has 11 heteroatoms. The molecule has 5 fully saturated rings.